The summed E-state index contributed by atoms with van der Waals surface area (Å²) in [4.78, 5) is 0. The van der Waals surface area contributed by atoms with E-state index in [-0.39, 0.29) is 12.0 Å². The molecule has 0 spiro atoms. The molecule has 0 aliphatic rings. The topological polar surface area (TPSA) is 20.2 Å². The molecular formula is C19H13BrCl2F4O. The predicted octanol–water partition coefficient (Wildman–Crippen LogP) is 7.30. The number of hydrogen-bond acceptors (Lipinski definition) is 1. The second-order valence-electron chi connectivity index (χ2n) is 5.73. The third-order valence-electron chi connectivity index (χ3n) is 3.78. The highest BCUT2D eigenvalue weighted by Gasteiger charge is 2.39. The first-order chi connectivity index (χ1) is 12.5. The van der Waals surface area contributed by atoms with Gasteiger partial charge in [-0.25, -0.2) is 4.39 Å². The lowest BCUT2D eigenvalue weighted by Crippen LogP contribution is -2.25. The third-order valence-corrected chi connectivity index (χ3v) is 4.86. The van der Waals surface area contributed by atoms with Crippen molar-refractivity contribution < 1.29 is 22.7 Å². The maximum Gasteiger partial charge on any atom is 0.416 e. The van der Waals surface area contributed by atoms with Crippen molar-refractivity contribution in [2.45, 2.75) is 18.2 Å². The van der Waals surface area contributed by atoms with Gasteiger partial charge in [0.05, 0.1) is 15.6 Å². The third kappa shape index (κ3) is 5.13. The minimum Gasteiger partial charge on any atom is -0.381 e. The maximum absolute atomic E-state index is 13.7. The Balaban J connectivity index is 2.71. The zero-order chi connectivity index (χ0) is 20.4. The Morgan fingerprint density at radius 1 is 1.11 bits per heavy atom. The molecule has 0 aromatic heterocycles. The predicted molar refractivity (Wildman–Crippen MR) is 103 cm³/mol. The largest absolute Gasteiger partial charge is 0.416 e. The van der Waals surface area contributed by atoms with Crippen molar-refractivity contribution >= 4 is 44.7 Å². The Kier molecular flexibility index (Phi) is 6.79. The monoisotopic (exact) mass is 482 g/mol. The minimum atomic E-state index is -4.85. The highest BCUT2D eigenvalue weighted by molar-refractivity contribution is 9.10. The fourth-order valence-electron chi connectivity index (χ4n) is 2.50. The number of alkyl halides is 3. The van der Waals surface area contributed by atoms with Crippen LogP contribution in [0.3, 0.4) is 0 Å². The second kappa shape index (κ2) is 8.35. The van der Waals surface area contributed by atoms with E-state index in [1.54, 1.807) is 12.1 Å². The highest BCUT2D eigenvalue weighted by atomic mass is 79.9. The van der Waals surface area contributed by atoms with Crippen LogP contribution in [0.2, 0.25) is 10.0 Å². The number of allylic oxidation sites excluding steroid dienone is 1. The van der Waals surface area contributed by atoms with Crippen LogP contribution in [0.25, 0.3) is 5.57 Å². The number of halogens is 7. The summed E-state index contributed by atoms with van der Waals surface area (Å²) in [5.74, 6) is -1.02. The van der Waals surface area contributed by atoms with Crippen LogP contribution in [-0.4, -0.2) is 11.3 Å². The molecule has 0 radical (unpaired) electrons. The lowest BCUT2D eigenvalue weighted by atomic mass is 9.86. The fourth-order valence-corrected chi connectivity index (χ4v) is 3.25. The van der Waals surface area contributed by atoms with Crippen molar-refractivity contribution in [2.75, 3.05) is 0 Å². The van der Waals surface area contributed by atoms with Crippen LogP contribution in [0.1, 0.15) is 17.5 Å². The van der Waals surface area contributed by atoms with E-state index in [0.29, 0.717) is 10.5 Å². The molecule has 0 aliphatic heterocycles. The fraction of sp³-hybridized carbons (Fsp3) is 0.158. The van der Waals surface area contributed by atoms with E-state index in [0.717, 1.165) is 12.1 Å². The molecule has 0 amide bonds. The van der Waals surface area contributed by atoms with Gasteiger partial charge in [0.25, 0.3) is 0 Å². The standard InChI is InChI=1S/C19H13BrCl2F4O/c1-2-7-18(27,12-3-5-13(20)6-4-12)10-14(19(24,25)26)11-8-15(21)17(23)16(22)9-11/h2-6,8-10,27H,1,7H2. The normalized spacial score (nSPS) is 14.7. The summed E-state index contributed by atoms with van der Waals surface area (Å²) in [6, 6.07) is 7.80. The molecule has 8 heteroatoms. The van der Waals surface area contributed by atoms with Gasteiger partial charge in [0.1, 0.15) is 5.60 Å². The van der Waals surface area contributed by atoms with E-state index in [9.17, 15) is 22.7 Å². The Hall–Kier alpha value is -1.34. The molecule has 2 aromatic rings. The molecule has 1 nitrogen and oxygen atoms in total. The van der Waals surface area contributed by atoms with Crippen molar-refractivity contribution in [1.29, 1.82) is 0 Å². The van der Waals surface area contributed by atoms with Crippen molar-refractivity contribution in [2.24, 2.45) is 0 Å². The molecule has 2 aromatic carbocycles. The molecule has 0 aliphatic carbocycles. The first kappa shape index (κ1) is 22.0. The minimum absolute atomic E-state index is 0.184. The summed E-state index contributed by atoms with van der Waals surface area (Å²) in [6.45, 7) is 3.50. The van der Waals surface area contributed by atoms with Crippen molar-refractivity contribution in [3.8, 4) is 0 Å². The van der Waals surface area contributed by atoms with Crippen LogP contribution < -0.4 is 0 Å². The SMILES string of the molecule is C=CCC(O)(C=C(c1cc(Cl)c(F)c(Cl)c1)C(F)(F)F)c1ccc(Br)cc1. The molecule has 0 saturated heterocycles. The molecule has 144 valence electrons. The average molecular weight is 484 g/mol. The maximum atomic E-state index is 13.7. The van der Waals surface area contributed by atoms with Gasteiger partial charge in [-0.2, -0.15) is 13.2 Å². The number of rotatable bonds is 5. The molecule has 0 heterocycles. The van der Waals surface area contributed by atoms with Crippen LogP contribution in [0, 0.1) is 5.82 Å². The summed E-state index contributed by atoms with van der Waals surface area (Å²) in [6.07, 6.45) is -3.07. The number of aliphatic hydroxyl groups is 1. The number of hydrogen-bond donors (Lipinski definition) is 1. The smallest absolute Gasteiger partial charge is 0.381 e. The Morgan fingerprint density at radius 2 is 1.63 bits per heavy atom. The van der Waals surface area contributed by atoms with E-state index in [1.807, 2.05) is 0 Å². The lowest BCUT2D eigenvalue weighted by molar-refractivity contribution is -0.0703. The van der Waals surface area contributed by atoms with Crippen LogP contribution >= 0.6 is 39.1 Å². The van der Waals surface area contributed by atoms with E-state index in [2.05, 4.69) is 22.5 Å². The van der Waals surface area contributed by atoms with E-state index in [1.165, 1.54) is 18.2 Å². The van der Waals surface area contributed by atoms with E-state index >= 15 is 0 Å². The molecule has 0 fully saturated rings. The number of benzene rings is 2. The van der Waals surface area contributed by atoms with Gasteiger partial charge in [0, 0.05) is 10.9 Å². The Labute approximate surface area is 172 Å². The molecule has 0 saturated carbocycles. The van der Waals surface area contributed by atoms with Crippen molar-refractivity contribution in [3.63, 3.8) is 0 Å². The van der Waals surface area contributed by atoms with Gasteiger partial charge in [-0.05, 0) is 41.5 Å². The molecule has 2 rings (SSSR count). The lowest BCUT2D eigenvalue weighted by Gasteiger charge is -2.26. The van der Waals surface area contributed by atoms with Gasteiger partial charge in [-0.15, -0.1) is 6.58 Å². The van der Waals surface area contributed by atoms with Crippen LogP contribution in [0.4, 0.5) is 17.6 Å². The Bertz CT molecular complexity index is 855. The van der Waals surface area contributed by atoms with Gasteiger partial charge in [0.2, 0.25) is 0 Å². The summed E-state index contributed by atoms with van der Waals surface area (Å²) >= 11 is 14.5. The molecule has 27 heavy (non-hydrogen) atoms. The molecule has 0 bridgehead atoms. The zero-order valence-electron chi connectivity index (χ0n) is 13.6. The van der Waals surface area contributed by atoms with Crippen molar-refractivity contribution in [1.82, 2.24) is 0 Å². The van der Waals surface area contributed by atoms with Gasteiger partial charge in [0.15, 0.2) is 5.82 Å². The quantitative estimate of drug-likeness (QED) is 0.268. The summed E-state index contributed by atoms with van der Waals surface area (Å²) in [7, 11) is 0. The van der Waals surface area contributed by atoms with Gasteiger partial charge in [-0.1, -0.05) is 57.3 Å². The first-order valence-corrected chi connectivity index (χ1v) is 9.07. The van der Waals surface area contributed by atoms with Gasteiger partial charge in [-0.3, -0.25) is 0 Å². The van der Waals surface area contributed by atoms with Gasteiger partial charge >= 0.3 is 6.18 Å². The first-order valence-electron chi connectivity index (χ1n) is 7.52. The second-order valence-corrected chi connectivity index (χ2v) is 7.46. The van der Waals surface area contributed by atoms with E-state index in [4.69, 9.17) is 23.2 Å². The molecule has 1 atom stereocenters. The Morgan fingerprint density at radius 3 is 2.07 bits per heavy atom. The van der Waals surface area contributed by atoms with Crippen LogP contribution in [0.5, 0.6) is 0 Å². The zero-order valence-corrected chi connectivity index (χ0v) is 16.7. The summed E-state index contributed by atoms with van der Waals surface area (Å²) < 4.78 is 55.5. The summed E-state index contributed by atoms with van der Waals surface area (Å²) in [5, 5.41) is 9.85. The summed E-state index contributed by atoms with van der Waals surface area (Å²) in [5.41, 5.74) is -3.43. The van der Waals surface area contributed by atoms with E-state index < -0.39 is 38.8 Å². The van der Waals surface area contributed by atoms with Gasteiger partial charge < -0.3 is 5.11 Å². The molecular weight excluding hydrogens is 471 g/mol. The molecule has 1 unspecified atom stereocenters. The highest BCUT2D eigenvalue weighted by Crippen LogP contribution is 2.41. The van der Waals surface area contributed by atoms with Crippen molar-refractivity contribution in [3.05, 3.63) is 86.6 Å². The van der Waals surface area contributed by atoms with Crippen LogP contribution in [0.15, 0.2) is 59.6 Å². The average Bonchev–Trinajstić information content (AvgIpc) is 2.57. The molecule has 1 N–H and O–H groups in total. The van der Waals surface area contributed by atoms with Crippen LogP contribution in [-0.2, 0) is 5.60 Å².